The number of nitrogens with one attached hydrogen (secondary N) is 1. The summed E-state index contributed by atoms with van der Waals surface area (Å²) in [6.07, 6.45) is -7.23. The second kappa shape index (κ2) is 11.3. The molecule has 0 unspecified atom stereocenters. The molecule has 0 spiro atoms. The van der Waals surface area contributed by atoms with Gasteiger partial charge in [0, 0.05) is 0 Å². The molecule has 0 aliphatic rings. The second-order valence-electron chi connectivity index (χ2n) is 6.28. The zero-order chi connectivity index (χ0) is 23.8. The Morgan fingerprint density at radius 1 is 1.06 bits per heavy atom. The summed E-state index contributed by atoms with van der Waals surface area (Å²) in [5, 5.41) is 12.2. The van der Waals surface area contributed by atoms with Crippen molar-refractivity contribution in [1.29, 1.82) is 0 Å². The van der Waals surface area contributed by atoms with E-state index in [-0.39, 0.29) is 18.8 Å². The van der Waals surface area contributed by atoms with Crippen LogP contribution in [0.4, 0.5) is 13.2 Å². The molecule has 0 saturated carbocycles. The summed E-state index contributed by atoms with van der Waals surface area (Å²) in [5.41, 5.74) is 4.06. The first-order valence-corrected chi connectivity index (χ1v) is 9.19. The molecule has 0 aliphatic carbocycles. The van der Waals surface area contributed by atoms with Crippen LogP contribution in [0.25, 0.3) is 0 Å². The van der Waals surface area contributed by atoms with E-state index in [4.69, 9.17) is 15.2 Å². The lowest BCUT2D eigenvalue weighted by Crippen LogP contribution is -2.53. The highest BCUT2D eigenvalue weighted by molar-refractivity contribution is 5.94. The predicted octanol–water partition coefficient (Wildman–Crippen LogP) is 0.841. The molecule has 1 aromatic carbocycles. The first-order chi connectivity index (χ1) is 14.4. The minimum atomic E-state index is -4.61. The molecule has 4 N–H and O–H groups in total. The lowest BCUT2D eigenvalue weighted by molar-refractivity contribution is -0.157. The van der Waals surface area contributed by atoms with Crippen LogP contribution >= 0.6 is 0 Å². The lowest BCUT2D eigenvalue weighted by Gasteiger charge is -2.24. The number of carbonyl (C=O) groups is 4. The number of carbonyl (C=O) groups excluding carboxylic acids is 4. The Morgan fingerprint density at radius 2 is 1.61 bits per heavy atom. The van der Waals surface area contributed by atoms with E-state index in [0.29, 0.717) is 12.1 Å². The van der Waals surface area contributed by atoms with Gasteiger partial charge in [0.1, 0.15) is 6.04 Å². The third-order valence-corrected chi connectivity index (χ3v) is 4.09. The number of ether oxygens (including phenoxy) is 2. The third-order valence-electron chi connectivity index (χ3n) is 4.09. The molecule has 172 valence electrons. The molecule has 0 aliphatic heterocycles. The van der Waals surface area contributed by atoms with E-state index in [2.05, 4.69) is 5.32 Å². The van der Waals surface area contributed by atoms with Gasteiger partial charge >= 0.3 is 18.1 Å². The maximum Gasteiger partial charge on any atom is 0.416 e. The number of hydrogen-bond acceptors (Lipinski definition) is 7. The van der Waals surface area contributed by atoms with Crippen molar-refractivity contribution in [3.8, 4) is 0 Å². The Balaban J connectivity index is 3.06. The summed E-state index contributed by atoms with van der Waals surface area (Å²) in [7, 11) is 0. The molecule has 0 heterocycles. The molecule has 1 aromatic rings. The normalized spacial score (nSPS) is 14.1. The summed E-state index contributed by atoms with van der Waals surface area (Å²) in [6.45, 7) is 2.90. The van der Waals surface area contributed by atoms with Crippen LogP contribution < -0.4 is 11.1 Å². The Bertz CT molecular complexity index is 797. The van der Waals surface area contributed by atoms with Crippen molar-refractivity contribution in [3.05, 3.63) is 35.4 Å². The largest absolute Gasteiger partial charge is 0.466 e. The quantitative estimate of drug-likeness (QED) is 0.450. The number of halogens is 3. The lowest BCUT2D eigenvalue weighted by atomic mass is 9.94. The number of alkyl halides is 3. The van der Waals surface area contributed by atoms with Crippen molar-refractivity contribution in [3.63, 3.8) is 0 Å². The van der Waals surface area contributed by atoms with Crippen molar-refractivity contribution in [2.75, 3.05) is 13.2 Å². The van der Waals surface area contributed by atoms with Crippen molar-refractivity contribution < 1.29 is 46.9 Å². The van der Waals surface area contributed by atoms with Crippen LogP contribution in [-0.4, -0.2) is 48.1 Å². The van der Waals surface area contributed by atoms with Gasteiger partial charge in [0.25, 0.3) is 5.91 Å². The van der Waals surface area contributed by atoms with Gasteiger partial charge in [-0.15, -0.1) is 0 Å². The molecule has 9 nitrogen and oxygen atoms in total. The van der Waals surface area contributed by atoms with Crippen LogP contribution in [0.2, 0.25) is 0 Å². The number of hydrogen-bond donors (Lipinski definition) is 3. The van der Waals surface area contributed by atoms with Crippen LogP contribution in [0.3, 0.4) is 0 Å². The van der Waals surface area contributed by atoms with Crippen molar-refractivity contribution in [2.24, 2.45) is 11.7 Å². The second-order valence-corrected chi connectivity index (χ2v) is 6.28. The molecule has 0 radical (unpaired) electrons. The van der Waals surface area contributed by atoms with Gasteiger partial charge in [0.15, 0.2) is 6.10 Å². The van der Waals surface area contributed by atoms with Gasteiger partial charge in [-0.3, -0.25) is 19.2 Å². The van der Waals surface area contributed by atoms with Crippen LogP contribution in [0.1, 0.15) is 37.5 Å². The smallest absolute Gasteiger partial charge is 0.416 e. The molecular weight excluding hydrogens is 425 g/mol. The molecule has 0 fully saturated rings. The van der Waals surface area contributed by atoms with Crippen LogP contribution in [0.5, 0.6) is 0 Å². The standard InChI is InChI=1S/C19H23F3N2O7/c1-3-30-13(25)9-12(18(29)31-4-2)14(16(23)27)24-17(28)15(26)10-5-7-11(8-6-10)19(20,21)22/h5-8,12,14-15,26H,3-4,9H2,1-2H3,(H2,23,27)(H,24,28)/t12-,14-,15+/m1/s1. The summed E-state index contributed by atoms with van der Waals surface area (Å²) in [4.78, 5) is 48.3. The average molecular weight is 448 g/mol. The molecular formula is C19H23F3N2O7. The van der Waals surface area contributed by atoms with E-state index in [1.165, 1.54) is 13.8 Å². The van der Waals surface area contributed by atoms with Gasteiger partial charge in [-0.2, -0.15) is 13.2 Å². The number of aliphatic hydroxyl groups is 1. The number of nitrogens with two attached hydrogens (primary N) is 1. The molecule has 0 bridgehead atoms. The van der Waals surface area contributed by atoms with E-state index < -0.39 is 60.0 Å². The maximum atomic E-state index is 12.7. The minimum Gasteiger partial charge on any atom is -0.466 e. The zero-order valence-corrected chi connectivity index (χ0v) is 16.8. The topological polar surface area (TPSA) is 145 Å². The van der Waals surface area contributed by atoms with Gasteiger partial charge in [-0.25, -0.2) is 0 Å². The maximum absolute atomic E-state index is 12.7. The number of rotatable bonds is 10. The highest BCUT2D eigenvalue weighted by atomic mass is 19.4. The third kappa shape index (κ3) is 7.55. The number of benzene rings is 1. The van der Waals surface area contributed by atoms with E-state index in [0.717, 1.165) is 12.1 Å². The summed E-state index contributed by atoms with van der Waals surface area (Å²) in [6, 6.07) is 1.35. The Labute approximate surface area is 175 Å². The Kier molecular flexibility index (Phi) is 9.43. The first kappa shape index (κ1) is 25.9. The van der Waals surface area contributed by atoms with Gasteiger partial charge in [0.2, 0.25) is 5.91 Å². The highest BCUT2D eigenvalue weighted by Gasteiger charge is 2.38. The van der Waals surface area contributed by atoms with E-state index in [1.54, 1.807) is 0 Å². The summed E-state index contributed by atoms with van der Waals surface area (Å²) in [5.74, 6) is -5.83. The molecule has 2 amide bonds. The van der Waals surface area contributed by atoms with Crippen molar-refractivity contribution >= 4 is 23.8 Å². The molecule has 1 rings (SSSR count). The number of aliphatic hydroxyl groups excluding tert-OH is 1. The molecule has 31 heavy (non-hydrogen) atoms. The number of primary amides is 1. The zero-order valence-electron chi connectivity index (χ0n) is 16.8. The number of esters is 2. The van der Waals surface area contributed by atoms with Crippen LogP contribution in [-0.2, 0) is 34.8 Å². The van der Waals surface area contributed by atoms with Gasteiger partial charge in [0.05, 0.1) is 31.1 Å². The fourth-order valence-electron chi connectivity index (χ4n) is 2.59. The van der Waals surface area contributed by atoms with E-state index >= 15 is 0 Å². The van der Waals surface area contributed by atoms with Gasteiger partial charge < -0.3 is 25.6 Å². The monoisotopic (exact) mass is 448 g/mol. The Morgan fingerprint density at radius 3 is 2.06 bits per heavy atom. The predicted molar refractivity (Wildman–Crippen MR) is 98.9 cm³/mol. The Hall–Kier alpha value is -3.15. The highest BCUT2D eigenvalue weighted by Crippen LogP contribution is 2.30. The minimum absolute atomic E-state index is 0.00535. The van der Waals surface area contributed by atoms with E-state index in [1.807, 2.05) is 0 Å². The summed E-state index contributed by atoms with van der Waals surface area (Å²) >= 11 is 0. The molecule has 12 heteroatoms. The van der Waals surface area contributed by atoms with Gasteiger partial charge in [-0.05, 0) is 31.5 Å². The van der Waals surface area contributed by atoms with Crippen molar-refractivity contribution in [1.82, 2.24) is 5.32 Å². The van der Waals surface area contributed by atoms with Gasteiger partial charge in [-0.1, -0.05) is 12.1 Å². The SMILES string of the molecule is CCOC(=O)C[C@@H](C(=O)OCC)[C@@H](NC(=O)[C@@H](O)c1ccc(C(F)(F)F)cc1)C(N)=O. The van der Waals surface area contributed by atoms with E-state index in [9.17, 15) is 37.5 Å². The molecule has 0 saturated heterocycles. The van der Waals surface area contributed by atoms with Crippen LogP contribution in [0.15, 0.2) is 24.3 Å². The first-order valence-electron chi connectivity index (χ1n) is 9.19. The summed E-state index contributed by atoms with van der Waals surface area (Å²) < 4.78 is 47.5. The number of amides is 2. The fourth-order valence-corrected chi connectivity index (χ4v) is 2.59. The van der Waals surface area contributed by atoms with Crippen LogP contribution in [0, 0.1) is 5.92 Å². The van der Waals surface area contributed by atoms with Crippen molar-refractivity contribution in [2.45, 2.75) is 38.6 Å². The molecule has 3 atom stereocenters. The fraction of sp³-hybridized carbons (Fsp3) is 0.474. The molecule has 0 aromatic heterocycles. The average Bonchev–Trinajstić information content (AvgIpc) is 2.69.